The minimum absolute atomic E-state index is 0.0178. The van der Waals surface area contributed by atoms with E-state index in [2.05, 4.69) is 24.0 Å². The van der Waals surface area contributed by atoms with Crippen LogP contribution < -0.4 is 9.47 Å². The molecule has 0 fully saturated rings. The number of hydrogen-bond donors (Lipinski definition) is 0. The van der Waals surface area contributed by atoms with E-state index in [1.807, 2.05) is 18.2 Å². The Kier molecular flexibility index (Phi) is 6.16. The number of benzene rings is 2. The second-order valence-corrected chi connectivity index (χ2v) is 7.87. The van der Waals surface area contributed by atoms with Crippen LogP contribution in [0.1, 0.15) is 25.3 Å². The average Bonchev–Trinajstić information content (AvgIpc) is 3.41. The van der Waals surface area contributed by atoms with Crippen molar-refractivity contribution in [3.63, 3.8) is 0 Å². The summed E-state index contributed by atoms with van der Waals surface area (Å²) in [6.45, 7) is 5.39. The van der Waals surface area contributed by atoms with Crippen LogP contribution in [0.5, 0.6) is 11.5 Å². The first-order valence-corrected chi connectivity index (χ1v) is 10.2. The van der Waals surface area contributed by atoms with E-state index in [0.717, 1.165) is 11.1 Å². The lowest BCUT2D eigenvalue weighted by molar-refractivity contribution is -0.131. The van der Waals surface area contributed by atoms with Gasteiger partial charge in [-0.15, -0.1) is 0 Å². The fraction of sp³-hybridized carbons (Fsp3) is 0.348. The molecule has 0 N–H and O–H groups in total. The molecule has 1 aromatic heterocycles. The van der Waals surface area contributed by atoms with Crippen molar-refractivity contribution < 1.29 is 23.2 Å². The highest BCUT2D eigenvalue weighted by Crippen LogP contribution is 2.35. The van der Waals surface area contributed by atoms with Crippen LogP contribution in [0.4, 0.5) is 4.39 Å². The highest BCUT2D eigenvalue weighted by molar-refractivity contribution is 5.78. The van der Waals surface area contributed by atoms with Gasteiger partial charge in [0.15, 0.2) is 11.5 Å². The molecule has 0 atom stereocenters. The normalized spacial score (nSPS) is 12.4. The van der Waals surface area contributed by atoms with Crippen molar-refractivity contribution >= 4 is 5.91 Å². The molecule has 0 saturated heterocycles. The lowest BCUT2D eigenvalue weighted by Gasteiger charge is -2.24. The fourth-order valence-electron chi connectivity index (χ4n) is 3.39. The zero-order valence-electron chi connectivity index (χ0n) is 17.5. The third kappa shape index (κ3) is 5.20. The van der Waals surface area contributed by atoms with Gasteiger partial charge in [0.25, 0.3) is 0 Å². The molecule has 1 aliphatic heterocycles. The van der Waals surface area contributed by atoms with E-state index in [1.54, 1.807) is 17.0 Å². The minimum atomic E-state index is -0.315. The molecule has 0 radical (unpaired) electrons. The summed E-state index contributed by atoms with van der Waals surface area (Å²) < 4.78 is 29.2. The van der Waals surface area contributed by atoms with Crippen molar-refractivity contribution in [2.24, 2.45) is 5.92 Å². The monoisotopic (exact) mass is 425 g/mol. The molecule has 0 aliphatic carbocycles. The summed E-state index contributed by atoms with van der Waals surface area (Å²) in [5, 5.41) is 4.05. The third-order valence-corrected chi connectivity index (χ3v) is 4.90. The topological polar surface area (TPSA) is 77.7 Å². The Bertz CT molecular complexity index is 1050. The predicted molar refractivity (Wildman–Crippen MR) is 111 cm³/mol. The predicted octanol–water partition coefficient (Wildman–Crippen LogP) is 3.87. The van der Waals surface area contributed by atoms with Gasteiger partial charge < -0.3 is 18.9 Å². The van der Waals surface area contributed by atoms with Crippen LogP contribution in [0, 0.1) is 11.7 Å². The van der Waals surface area contributed by atoms with Crippen molar-refractivity contribution in [2.45, 2.75) is 26.7 Å². The number of rotatable bonds is 8. The van der Waals surface area contributed by atoms with Gasteiger partial charge in [-0.1, -0.05) is 31.1 Å². The average molecular weight is 425 g/mol. The van der Waals surface area contributed by atoms with Crippen LogP contribution in [-0.2, 0) is 17.6 Å². The first kappa shape index (κ1) is 20.8. The maximum Gasteiger partial charge on any atom is 0.231 e. The second-order valence-electron chi connectivity index (χ2n) is 7.87. The van der Waals surface area contributed by atoms with Gasteiger partial charge in [-0.2, -0.15) is 4.98 Å². The molecule has 0 unspecified atom stereocenters. The zero-order valence-corrected chi connectivity index (χ0v) is 17.5. The number of aromatic nitrogens is 2. The first-order valence-electron chi connectivity index (χ1n) is 10.2. The Balaban J connectivity index is 1.40. The lowest BCUT2D eigenvalue weighted by Crippen LogP contribution is -2.37. The first-order chi connectivity index (χ1) is 15.0. The maximum absolute atomic E-state index is 13.1. The van der Waals surface area contributed by atoms with Gasteiger partial charge in [0.05, 0.1) is 6.42 Å². The Morgan fingerprint density at radius 2 is 1.90 bits per heavy atom. The van der Waals surface area contributed by atoms with Crippen molar-refractivity contribution in [3.8, 4) is 22.9 Å². The number of fused-ring (bicyclic) bond motifs is 1. The third-order valence-electron chi connectivity index (χ3n) is 4.90. The smallest absolute Gasteiger partial charge is 0.231 e. The van der Waals surface area contributed by atoms with Crippen molar-refractivity contribution in [1.82, 2.24) is 15.0 Å². The molecule has 2 aromatic carbocycles. The Hall–Kier alpha value is -3.42. The summed E-state index contributed by atoms with van der Waals surface area (Å²) in [4.78, 5) is 19.1. The van der Waals surface area contributed by atoms with E-state index in [1.165, 1.54) is 12.1 Å². The molecule has 0 spiro atoms. The SMILES string of the molecule is CC(C)CN(CCc1nc(-c2ccc3c(c2)OCO3)no1)C(=O)Cc1ccc(F)cc1. The fourth-order valence-corrected chi connectivity index (χ4v) is 3.39. The molecular formula is C23H24FN3O4. The lowest BCUT2D eigenvalue weighted by atomic mass is 10.1. The molecule has 3 aromatic rings. The van der Waals surface area contributed by atoms with Crippen molar-refractivity contribution in [1.29, 1.82) is 0 Å². The standard InChI is InChI=1S/C23H24FN3O4/c1-15(2)13-27(22(28)11-16-3-6-18(24)7-4-16)10-9-21-25-23(26-31-21)17-5-8-19-20(12-17)30-14-29-19/h3-8,12,15H,9-11,13-14H2,1-2H3. The molecule has 162 valence electrons. The number of nitrogens with zero attached hydrogens (tertiary/aromatic N) is 3. The molecule has 0 saturated carbocycles. The number of ether oxygens (including phenoxy) is 2. The van der Waals surface area contributed by atoms with Crippen LogP contribution in [0.25, 0.3) is 11.4 Å². The molecule has 1 aliphatic rings. The van der Waals surface area contributed by atoms with E-state index in [0.29, 0.717) is 48.6 Å². The number of carbonyl (C=O) groups excluding carboxylic acids is 1. The molecule has 7 nitrogen and oxygen atoms in total. The van der Waals surface area contributed by atoms with E-state index >= 15 is 0 Å². The molecular weight excluding hydrogens is 401 g/mol. The quantitative estimate of drug-likeness (QED) is 0.545. The van der Waals surface area contributed by atoms with Gasteiger partial charge in [0.2, 0.25) is 24.4 Å². The van der Waals surface area contributed by atoms with Gasteiger partial charge in [-0.05, 0) is 41.8 Å². The summed E-state index contributed by atoms with van der Waals surface area (Å²) in [6.07, 6.45) is 0.665. The molecule has 1 amide bonds. The summed E-state index contributed by atoms with van der Waals surface area (Å²) >= 11 is 0. The van der Waals surface area contributed by atoms with E-state index in [9.17, 15) is 9.18 Å². The van der Waals surface area contributed by atoms with E-state index < -0.39 is 0 Å². The zero-order chi connectivity index (χ0) is 21.8. The molecule has 8 heteroatoms. The molecule has 2 heterocycles. The summed E-state index contributed by atoms with van der Waals surface area (Å²) in [5.74, 6) is 2.23. The largest absolute Gasteiger partial charge is 0.454 e. The van der Waals surface area contributed by atoms with Crippen LogP contribution in [0.15, 0.2) is 47.0 Å². The molecule has 31 heavy (non-hydrogen) atoms. The summed E-state index contributed by atoms with van der Waals surface area (Å²) in [5.41, 5.74) is 1.55. The van der Waals surface area contributed by atoms with Gasteiger partial charge in [0, 0.05) is 25.1 Å². The molecule has 0 bridgehead atoms. The number of amides is 1. The van der Waals surface area contributed by atoms with E-state index in [-0.39, 0.29) is 24.9 Å². The van der Waals surface area contributed by atoms with Crippen LogP contribution in [0.2, 0.25) is 0 Å². The maximum atomic E-state index is 13.1. The Morgan fingerprint density at radius 1 is 1.13 bits per heavy atom. The summed E-state index contributed by atoms with van der Waals surface area (Å²) in [6, 6.07) is 11.5. The highest BCUT2D eigenvalue weighted by Gasteiger charge is 2.19. The Labute approximate surface area is 179 Å². The van der Waals surface area contributed by atoms with E-state index in [4.69, 9.17) is 14.0 Å². The van der Waals surface area contributed by atoms with Crippen LogP contribution in [-0.4, -0.2) is 40.8 Å². The van der Waals surface area contributed by atoms with Gasteiger partial charge in [-0.3, -0.25) is 4.79 Å². The van der Waals surface area contributed by atoms with Gasteiger partial charge in [-0.25, -0.2) is 4.39 Å². The number of halogens is 1. The Morgan fingerprint density at radius 3 is 2.68 bits per heavy atom. The summed E-state index contributed by atoms with van der Waals surface area (Å²) in [7, 11) is 0. The minimum Gasteiger partial charge on any atom is -0.454 e. The van der Waals surface area contributed by atoms with Crippen LogP contribution >= 0.6 is 0 Å². The highest BCUT2D eigenvalue weighted by atomic mass is 19.1. The van der Waals surface area contributed by atoms with Gasteiger partial charge >= 0.3 is 0 Å². The number of hydrogen-bond acceptors (Lipinski definition) is 6. The van der Waals surface area contributed by atoms with Crippen LogP contribution in [0.3, 0.4) is 0 Å². The molecule has 4 rings (SSSR count). The van der Waals surface area contributed by atoms with Crippen molar-refractivity contribution in [2.75, 3.05) is 19.9 Å². The number of carbonyl (C=O) groups is 1. The van der Waals surface area contributed by atoms with Gasteiger partial charge in [0.1, 0.15) is 5.82 Å². The second kappa shape index (κ2) is 9.16. The van der Waals surface area contributed by atoms with Crippen molar-refractivity contribution in [3.05, 3.63) is 59.7 Å².